The van der Waals surface area contributed by atoms with Crippen LogP contribution in [0.4, 0.5) is 5.82 Å². The van der Waals surface area contributed by atoms with Gasteiger partial charge in [-0.15, -0.1) is 0 Å². The molecule has 0 fully saturated rings. The Morgan fingerprint density at radius 3 is 2.75 bits per heavy atom. The minimum atomic E-state index is 0.342. The fourth-order valence-electron chi connectivity index (χ4n) is 1.46. The second-order valence-corrected chi connectivity index (χ2v) is 3.99. The largest absolute Gasteiger partial charge is 0.367 e. The predicted octanol–water partition coefficient (Wildman–Crippen LogP) is 1.59. The number of anilines is 1. The van der Waals surface area contributed by atoms with Crippen LogP contribution in [0.5, 0.6) is 0 Å². The van der Waals surface area contributed by atoms with E-state index in [1.165, 1.54) is 0 Å². The number of rotatable bonds is 4. The molecule has 0 spiro atoms. The van der Waals surface area contributed by atoms with E-state index in [1.54, 1.807) is 0 Å². The first-order valence-electron chi connectivity index (χ1n) is 5.38. The molecule has 1 unspecified atom stereocenters. The topological polar surface area (TPSA) is 60.7 Å². The summed E-state index contributed by atoms with van der Waals surface area (Å²) in [5, 5.41) is 15.4. The van der Waals surface area contributed by atoms with E-state index in [0.29, 0.717) is 17.4 Å². The molecule has 0 aliphatic rings. The third kappa shape index (κ3) is 2.94. The summed E-state index contributed by atoms with van der Waals surface area (Å²) in [6.45, 7) is 6.68. The number of pyridine rings is 1. The Morgan fingerprint density at radius 2 is 2.19 bits per heavy atom. The third-order valence-electron chi connectivity index (χ3n) is 2.52. The predicted molar refractivity (Wildman–Crippen MR) is 65.4 cm³/mol. The Hall–Kier alpha value is -1.60. The van der Waals surface area contributed by atoms with E-state index in [4.69, 9.17) is 5.26 Å². The van der Waals surface area contributed by atoms with Crippen molar-refractivity contribution in [1.29, 1.82) is 5.26 Å². The fraction of sp³-hybridized carbons (Fsp3) is 0.500. The van der Waals surface area contributed by atoms with Gasteiger partial charge < -0.3 is 10.6 Å². The summed E-state index contributed by atoms with van der Waals surface area (Å²) in [7, 11) is 1.91. The maximum absolute atomic E-state index is 9.07. The van der Waals surface area contributed by atoms with Crippen molar-refractivity contribution in [2.75, 3.05) is 18.9 Å². The molecule has 1 rings (SSSR count). The first-order chi connectivity index (χ1) is 7.58. The Balaban J connectivity index is 2.91. The molecule has 0 radical (unpaired) electrons. The molecule has 4 heteroatoms. The van der Waals surface area contributed by atoms with E-state index in [1.807, 2.05) is 27.0 Å². The summed E-state index contributed by atoms with van der Waals surface area (Å²) < 4.78 is 0. The van der Waals surface area contributed by atoms with E-state index in [2.05, 4.69) is 28.6 Å². The van der Waals surface area contributed by atoms with Crippen molar-refractivity contribution in [1.82, 2.24) is 10.3 Å². The van der Waals surface area contributed by atoms with Gasteiger partial charge >= 0.3 is 0 Å². The van der Waals surface area contributed by atoms with Crippen LogP contribution >= 0.6 is 0 Å². The highest BCUT2D eigenvalue weighted by atomic mass is 15.0. The molecule has 1 heterocycles. The van der Waals surface area contributed by atoms with Crippen LogP contribution in [0.15, 0.2) is 6.07 Å². The van der Waals surface area contributed by atoms with Crippen LogP contribution < -0.4 is 10.6 Å². The average molecular weight is 218 g/mol. The molecule has 0 bridgehead atoms. The lowest BCUT2D eigenvalue weighted by molar-refractivity contribution is 0.637. The number of nitriles is 1. The molecule has 1 aromatic rings. The lowest BCUT2D eigenvalue weighted by Gasteiger charge is -2.14. The molecule has 0 amide bonds. The zero-order valence-corrected chi connectivity index (χ0v) is 10.3. The normalized spacial score (nSPS) is 11.9. The van der Waals surface area contributed by atoms with Gasteiger partial charge in [-0.1, -0.05) is 0 Å². The molecule has 16 heavy (non-hydrogen) atoms. The smallest absolute Gasteiger partial charge is 0.144 e. The highest BCUT2D eigenvalue weighted by Crippen LogP contribution is 2.17. The zero-order chi connectivity index (χ0) is 12.1. The van der Waals surface area contributed by atoms with E-state index >= 15 is 0 Å². The number of hydrogen-bond acceptors (Lipinski definition) is 4. The van der Waals surface area contributed by atoms with Crippen LogP contribution in [-0.4, -0.2) is 24.6 Å². The number of aromatic nitrogens is 1. The summed E-state index contributed by atoms with van der Waals surface area (Å²) in [5.41, 5.74) is 2.53. The molecule has 4 nitrogen and oxygen atoms in total. The summed E-state index contributed by atoms with van der Waals surface area (Å²) in [4.78, 5) is 4.35. The Morgan fingerprint density at radius 1 is 1.50 bits per heavy atom. The number of aryl methyl sites for hydroxylation is 2. The van der Waals surface area contributed by atoms with Crippen LogP contribution in [0, 0.1) is 25.2 Å². The van der Waals surface area contributed by atoms with Crippen molar-refractivity contribution < 1.29 is 0 Å². The first-order valence-corrected chi connectivity index (χ1v) is 5.38. The standard InChI is InChI=1S/C12H18N4/c1-8-5-9(2)16-12(11(8)6-13)15-7-10(3)14-4/h5,10,14H,7H2,1-4H3,(H,15,16). The third-order valence-corrected chi connectivity index (χ3v) is 2.52. The maximum atomic E-state index is 9.07. The van der Waals surface area contributed by atoms with Gasteiger partial charge in [0.25, 0.3) is 0 Å². The van der Waals surface area contributed by atoms with Crippen molar-refractivity contribution in [3.05, 3.63) is 22.9 Å². The van der Waals surface area contributed by atoms with E-state index in [9.17, 15) is 0 Å². The summed E-state index contributed by atoms with van der Waals surface area (Å²) in [6.07, 6.45) is 0. The van der Waals surface area contributed by atoms with Crippen molar-refractivity contribution in [2.24, 2.45) is 0 Å². The lowest BCUT2D eigenvalue weighted by atomic mass is 10.1. The molecule has 0 saturated carbocycles. The second kappa shape index (κ2) is 5.47. The van der Waals surface area contributed by atoms with Gasteiger partial charge in [-0.25, -0.2) is 4.98 Å². The number of likely N-dealkylation sites (N-methyl/N-ethyl adjacent to an activating group) is 1. The molecule has 0 aliphatic heterocycles. The monoisotopic (exact) mass is 218 g/mol. The molecule has 2 N–H and O–H groups in total. The zero-order valence-electron chi connectivity index (χ0n) is 10.3. The number of nitrogens with one attached hydrogen (secondary N) is 2. The molecule has 0 aliphatic carbocycles. The van der Waals surface area contributed by atoms with Gasteiger partial charge in [0, 0.05) is 18.3 Å². The van der Waals surface area contributed by atoms with Crippen LogP contribution in [0.1, 0.15) is 23.7 Å². The van der Waals surface area contributed by atoms with Crippen LogP contribution in [0.3, 0.4) is 0 Å². The van der Waals surface area contributed by atoms with Gasteiger partial charge in [0.05, 0.1) is 5.56 Å². The lowest BCUT2D eigenvalue weighted by Crippen LogP contribution is -2.29. The van der Waals surface area contributed by atoms with E-state index in [-0.39, 0.29) is 0 Å². The number of nitrogens with zero attached hydrogens (tertiary/aromatic N) is 2. The minimum absolute atomic E-state index is 0.342. The number of hydrogen-bond donors (Lipinski definition) is 2. The van der Waals surface area contributed by atoms with Gasteiger partial charge in [-0.2, -0.15) is 5.26 Å². The SMILES string of the molecule is CNC(C)CNc1nc(C)cc(C)c1C#N. The molecule has 1 aromatic heterocycles. The highest BCUT2D eigenvalue weighted by Gasteiger charge is 2.08. The van der Waals surface area contributed by atoms with Crippen LogP contribution in [-0.2, 0) is 0 Å². The van der Waals surface area contributed by atoms with Crippen molar-refractivity contribution in [2.45, 2.75) is 26.8 Å². The van der Waals surface area contributed by atoms with Crippen molar-refractivity contribution in [3.8, 4) is 6.07 Å². The molecular weight excluding hydrogens is 200 g/mol. The van der Waals surface area contributed by atoms with Crippen molar-refractivity contribution >= 4 is 5.82 Å². The molecule has 0 saturated heterocycles. The summed E-state index contributed by atoms with van der Waals surface area (Å²) in [6, 6.07) is 4.45. The van der Waals surface area contributed by atoms with Crippen LogP contribution in [0.25, 0.3) is 0 Å². The van der Waals surface area contributed by atoms with Gasteiger partial charge in [0.15, 0.2) is 0 Å². The Bertz CT molecular complexity index is 406. The van der Waals surface area contributed by atoms with E-state index in [0.717, 1.165) is 17.8 Å². The summed E-state index contributed by atoms with van der Waals surface area (Å²) >= 11 is 0. The molecule has 1 atom stereocenters. The Kier molecular flexibility index (Phi) is 4.27. The average Bonchev–Trinajstić information content (AvgIpc) is 2.25. The molecular formula is C12H18N4. The Labute approximate surface area is 96.7 Å². The quantitative estimate of drug-likeness (QED) is 0.805. The fourth-order valence-corrected chi connectivity index (χ4v) is 1.46. The maximum Gasteiger partial charge on any atom is 0.144 e. The summed E-state index contributed by atoms with van der Waals surface area (Å²) in [5.74, 6) is 0.683. The van der Waals surface area contributed by atoms with Crippen LogP contribution in [0.2, 0.25) is 0 Å². The highest BCUT2D eigenvalue weighted by molar-refractivity contribution is 5.56. The van der Waals surface area contributed by atoms with Crippen molar-refractivity contribution in [3.63, 3.8) is 0 Å². The van der Waals surface area contributed by atoms with Gasteiger partial charge in [0.1, 0.15) is 11.9 Å². The molecule has 0 aromatic carbocycles. The molecule has 86 valence electrons. The van der Waals surface area contributed by atoms with Gasteiger partial charge in [-0.05, 0) is 39.4 Å². The minimum Gasteiger partial charge on any atom is -0.367 e. The first kappa shape index (κ1) is 12.5. The van der Waals surface area contributed by atoms with E-state index < -0.39 is 0 Å². The van der Waals surface area contributed by atoms with Gasteiger partial charge in [0.2, 0.25) is 0 Å². The second-order valence-electron chi connectivity index (χ2n) is 3.99. The van der Waals surface area contributed by atoms with Gasteiger partial charge in [-0.3, -0.25) is 0 Å².